The first-order chi connectivity index (χ1) is 9.47. The lowest BCUT2D eigenvalue weighted by molar-refractivity contribution is 0.401. The summed E-state index contributed by atoms with van der Waals surface area (Å²) in [5.41, 5.74) is 6.97. The van der Waals surface area contributed by atoms with Crippen LogP contribution in [0.25, 0.3) is 0 Å². The summed E-state index contributed by atoms with van der Waals surface area (Å²) in [6.45, 7) is 2.37. The van der Waals surface area contributed by atoms with Gasteiger partial charge >= 0.3 is 0 Å². The monoisotopic (exact) mass is 294 g/mol. The predicted molar refractivity (Wildman–Crippen MR) is 79.7 cm³/mol. The van der Waals surface area contributed by atoms with Crippen molar-refractivity contribution in [2.24, 2.45) is 17.8 Å². The van der Waals surface area contributed by atoms with E-state index in [9.17, 15) is 8.42 Å². The number of anilines is 1. The SMILES string of the molecule is Cc1cc(N)ccc1S(=O)(=O)NCC(C1CC1)C1CC1. The fourth-order valence-corrected chi connectivity index (χ4v) is 4.32. The molecule has 3 N–H and O–H groups in total. The van der Waals surface area contributed by atoms with Crippen LogP contribution in [0, 0.1) is 24.7 Å². The number of nitrogens with two attached hydrogens (primary N) is 1. The zero-order valence-electron chi connectivity index (χ0n) is 11.8. The maximum Gasteiger partial charge on any atom is 0.240 e. The van der Waals surface area contributed by atoms with E-state index in [1.54, 1.807) is 25.1 Å². The molecule has 4 nitrogen and oxygen atoms in total. The first-order valence-corrected chi connectivity index (χ1v) is 8.81. The molecule has 0 unspecified atom stereocenters. The summed E-state index contributed by atoms with van der Waals surface area (Å²) in [4.78, 5) is 0.344. The largest absolute Gasteiger partial charge is 0.399 e. The maximum absolute atomic E-state index is 12.4. The van der Waals surface area contributed by atoms with E-state index in [2.05, 4.69) is 4.72 Å². The van der Waals surface area contributed by atoms with Crippen molar-refractivity contribution in [3.05, 3.63) is 23.8 Å². The number of hydrogen-bond acceptors (Lipinski definition) is 3. The van der Waals surface area contributed by atoms with Gasteiger partial charge in [0.15, 0.2) is 0 Å². The van der Waals surface area contributed by atoms with Crippen molar-refractivity contribution in [1.82, 2.24) is 4.72 Å². The topological polar surface area (TPSA) is 72.2 Å². The molecular weight excluding hydrogens is 272 g/mol. The fraction of sp³-hybridized carbons (Fsp3) is 0.600. The Morgan fingerprint density at radius 1 is 1.25 bits per heavy atom. The van der Waals surface area contributed by atoms with Crippen LogP contribution in [-0.4, -0.2) is 15.0 Å². The summed E-state index contributed by atoms with van der Waals surface area (Å²) < 4.78 is 27.6. The van der Waals surface area contributed by atoms with Gasteiger partial charge in [-0.2, -0.15) is 0 Å². The van der Waals surface area contributed by atoms with Gasteiger partial charge < -0.3 is 5.73 Å². The van der Waals surface area contributed by atoms with Crippen molar-refractivity contribution >= 4 is 15.7 Å². The summed E-state index contributed by atoms with van der Waals surface area (Å²) in [5.74, 6) is 2.04. The zero-order valence-corrected chi connectivity index (χ0v) is 12.6. The number of nitrogen functional groups attached to an aromatic ring is 1. The quantitative estimate of drug-likeness (QED) is 0.791. The van der Waals surface area contributed by atoms with Gasteiger partial charge in [-0.15, -0.1) is 0 Å². The fourth-order valence-electron chi connectivity index (χ4n) is 3.02. The molecule has 0 aromatic heterocycles. The second kappa shape index (κ2) is 5.04. The smallest absolute Gasteiger partial charge is 0.240 e. The standard InChI is InChI=1S/C15H22N2O2S/c1-10-8-13(16)6-7-15(10)20(18,19)17-9-14(11-2-3-11)12-4-5-12/h6-8,11-12,14,17H,2-5,9,16H2,1H3. The highest BCUT2D eigenvalue weighted by atomic mass is 32.2. The number of hydrogen-bond donors (Lipinski definition) is 2. The van der Waals surface area contributed by atoms with Gasteiger partial charge in [-0.3, -0.25) is 0 Å². The molecule has 1 aromatic rings. The average molecular weight is 294 g/mol. The molecule has 0 radical (unpaired) electrons. The van der Waals surface area contributed by atoms with Crippen LogP contribution in [-0.2, 0) is 10.0 Å². The second-order valence-electron chi connectivity index (χ2n) is 6.22. The van der Waals surface area contributed by atoms with Crippen LogP contribution in [0.4, 0.5) is 5.69 Å². The highest BCUT2D eigenvalue weighted by Gasteiger charge is 2.41. The van der Waals surface area contributed by atoms with Crippen LogP contribution in [0.3, 0.4) is 0 Å². The van der Waals surface area contributed by atoms with Crippen molar-refractivity contribution in [3.8, 4) is 0 Å². The van der Waals surface area contributed by atoms with E-state index in [4.69, 9.17) is 5.73 Å². The Morgan fingerprint density at radius 3 is 2.35 bits per heavy atom. The number of rotatable bonds is 6. The highest BCUT2D eigenvalue weighted by Crippen LogP contribution is 2.48. The average Bonchev–Trinajstić information content (AvgIpc) is 3.23. The molecule has 0 bridgehead atoms. The van der Waals surface area contributed by atoms with Crippen LogP contribution in [0.5, 0.6) is 0 Å². The van der Waals surface area contributed by atoms with E-state index >= 15 is 0 Å². The first kappa shape index (κ1) is 13.9. The number of nitrogens with one attached hydrogen (secondary N) is 1. The molecule has 0 spiro atoms. The summed E-state index contributed by atoms with van der Waals surface area (Å²) in [6, 6.07) is 4.94. The van der Waals surface area contributed by atoms with Crippen LogP contribution in [0.2, 0.25) is 0 Å². The van der Waals surface area contributed by atoms with Crippen molar-refractivity contribution < 1.29 is 8.42 Å². The lowest BCUT2D eigenvalue weighted by atomic mass is 9.99. The summed E-state index contributed by atoms with van der Waals surface area (Å²) in [5, 5.41) is 0. The molecule has 1 aromatic carbocycles. The first-order valence-electron chi connectivity index (χ1n) is 7.33. The van der Waals surface area contributed by atoms with Gasteiger partial charge in [-0.05, 0) is 74.1 Å². The molecule has 2 fully saturated rings. The molecule has 3 rings (SSSR count). The molecule has 20 heavy (non-hydrogen) atoms. The van der Waals surface area contributed by atoms with E-state index in [1.807, 2.05) is 0 Å². The van der Waals surface area contributed by atoms with Gasteiger partial charge in [0.2, 0.25) is 10.0 Å². The normalized spacial score (nSPS) is 19.5. The summed E-state index contributed by atoms with van der Waals surface area (Å²) in [7, 11) is -3.42. The lowest BCUT2D eigenvalue weighted by Crippen LogP contribution is -2.31. The summed E-state index contributed by atoms with van der Waals surface area (Å²) in [6.07, 6.45) is 5.07. The highest BCUT2D eigenvalue weighted by molar-refractivity contribution is 7.89. The van der Waals surface area contributed by atoms with Gasteiger partial charge in [0.05, 0.1) is 4.90 Å². The Bertz CT molecular complexity index is 592. The van der Waals surface area contributed by atoms with Gasteiger partial charge in [0, 0.05) is 12.2 Å². The zero-order chi connectivity index (χ0) is 14.3. The molecule has 0 atom stereocenters. The third kappa shape index (κ3) is 2.99. The molecule has 0 aliphatic heterocycles. The van der Waals surface area contributed by atoms with Crippen LogP contribution in [0.15, 0.2) is 23.1 Å². The molecule has 2 aliphatic carbocycles. The molecule has 110 valence electrons. The second-order valence-corrected chi connectivity index (χ2v) is 7.95. The van der Waals surface area contributed by atoms with E-state index in [0.29, 0.717) is 28.6 Å². The molecule has 5 heteroatoms. The van der Waals surface area contributed by atoms with Gasteiger partial charge in [0.1, 0.15) is 0 Å². The van der Waals surface area contributed by atoms with Gasteiger partial charge in [-0.1, -0.05) is 0 Å². The maximum atomic E-state index is 12.4. The van der Waals surface area contributed by atoms with Crippen LogP contribution >= 0.6 is 0 Å². The number of sulfonamides is 1. The Morgan fingerprint density at radius 2 is 1.85 bits per heavy atom. The molecule has 0 heterocycles. The Balaban J connectivity index is 1.71. The van der Waals surface area contributed by atoms with E-state index in [0.717, 1.165) is 11.8 Å². The van der Waals surface area contributed by atoms with E-state index in [-0.39, 0.29) is 0 Å². The molecular formula is C15H22N2O2S. The number of benzene rings is 1. The van der Waals surface area contributed by atoms with Crippen molar-refractivity contribution in [2.45, 2.75) is 37.5 Å². The molecule has 0 saturated heterocycles. The minimum Gasteiger partial charge on any atom is -0.399 e. The number of aryl methyl sites for hydroxylation is 1. The van der Waals surface area contributed by atoms with Crippen molar-refractivity contribution in [3.63, 3.8) is 0 Å². The van der Waals surface area contributed by atoms with Crippen molar-refractivity contribution in [2.75, 3.05) is 12.3 Å². The van der Waals surface area contributed by atoms with E-state index < -0.39 is 10.0 Å². The predicted octanol–water partition coefficient (Wildman–Crippen LogP) is 2.29. The lowest BCUT2D eigenvalue weighted by Gasteiger charge is -2.17. The third-order valence-electron chi connectivity index (χ3n) is 4.45. The Hall–Kier alpha value is -1.07. The van der Waals surface area contributed by atoms with Gasteiger partial charge in [0.25, 0.3) is 0 Å². The third-order valence-corrected chi connectivity index (χ3v) is 6.04. The molecule has 0 amide bonds. The van der Waals surface area contributed by atoms with E-state index in [1.165, 1.54) is 25.7 Å². The minimum atomic E-state index is -3.42. The van der Waals surface area contributed by atoms with Crippen LogP contribution in [0.1, 0.15) is 31.2 Å². The Labute approximate surface area is 120 Å². The molecule has 2 aliphatic rings. The molecule has 2 saturated carbocycles. The van der Waals surface area contributed by atoms with Crippen LogP contribution < -0.4 is 10.5 Å². The summed E-state index contributed by atoms with van der Waals surface area (Å²) >= 11 is 0. The Kier molecular flexibility index (Phi) is 3.50. The van der Waals surface area contributed by atoms with Gasteiger partial charge in [-0.25, -0.2) is 13.1 Å². The van der Waals surface area contributed by atoms with Crippen molar-refractivity contribution in [1.29, 1.82) is 0 Å². The minimum absolute atomic E-state index is 0.344.